The Kier molecular flexibility index (Phi) is 7.11. The molecular formula is C58H40B2O4. The smallest absolute Gasteiger partial charge is 0.252 e. The average molecular weight is 823 g/mol. The number of hydrogen-bond donors (Lipinski definition) is 0. The minimum atomic E-state index is -0.0567. The number of benzene rings is 10. The molecule has 0 bridgehead atoms. The Balaban J connectivity index is 1.28. The number of para-hydroxylation sites is 2. The van der Waals surface area contributed by atoms with E-state index in [2.05, 4.69) is 161 Å². The molecule has 0 radical (unpaired) electrons. The Morgan fingerprint density at radius 3 is 1.17 bits per heavy atom. The van der Waals surface area contributed by atoms with Gasteiger partial charge in [-0.15, -0.1) is 0 Å². The summed E-state index contributed by atoms with van der Waals surface area (Å²) < 4.78 is 25.9. The van der Waals surface area contributed by atoms with E-state index in [0.29, 0.717) is 0 Å². The Labute approximate surface area is 372 Å². The lowest BCUT2D eigenvalue weighted by atomic mass is 9.32. The van der Waals surface area contributed by atoms with Gasteiger partial charge in [-0.2, -0.15) is 0 Å². The number of aryl methyl sites for hydroxylation is 4. The van der Waals surface area contributed by atoms with Crippen LogP contribution in [0.4, 0.5) is 0 Å². The first-order chi connectivity index (χ1) is 31.3. The maximum absolute atomic E-state index is 6.86. The fraction of sp³-hybridized carbons (Fsp3) is 0.103. The van der Waals surface area contributed by atoms with E-state index in [1.165, 1.54) is 121 Å². The van der Waals surface area contributed by atoms with Crippen LogP contribution in [-0.4, -0.2) is 27.6 Å². The summed E-state index contributed by atoms with van der Waals surface area (Å²) in [6.45, 7) is 8.93. The van der Waals surface area contributed by atoms with Crippen molar-refractivity contribution in [3.8, 4) is 79.0 Å². The van der Waals surface area contributed by atoms with E-state index in [1.54, 1.807) is 14.2 Å². The van der Waals surface area contributed by atoms with Crippen molar-refractivity contribution in [1.29, 1.82) is 0 Å². The van der Waals surface area contributed by atoms with E-state index >= 15 is 0 Å². The largest absolute Gasteiger partial charge is 0.497 e. The molecule has 0 unspecified atom stereocenters. The zero-order valence-electron chi connectivity index (χ0n) is 36.5. The second kappa shape index (κ2) is 12.6. The van der Waals surface area contributed by atoms with E-state index in [-0.39, 0.29) is 13.4 Å². The van der Waals surface area contributed by atoms with Gasteiger partial charge in [-0.1, -0.05) is 95.9 Å². The van der Waals surface area contributed by atoms with Gasteiger partial charge in [0, 0.05) is 12.1 Å². The quantitative estimate of drug-likeness (QED) is 0.131. The van der Waals surface area contributed by atoms with Gasteiger partial charge < -0.3 is 18.9 Å². The molecule has 0 saturated heterocycles. The normalized spacial score (nSPS) is 13.3. The molecule has 6 heteroatoms. The van der Waals surface area contributed by atoms with Crippen LogP contribution >= 0.6 is 0 Å². The third-order valence-electron chi connectivity index (χ3n) is 15.0. The predicted molar refractivity (Wildman–Crippen MR) is 266 cm³/mol. The highest BCUT2D eigenvalue weighted by Crippen LogP contribution is 2.52. The van der Waals surface area contributed by atoms with Crippen LogP contribution in [0, 0.1) is 27.7 Å². The molecule has 64 heavy (non-hydrogen) atoms. The van der Waals surface area contributed by atoms with Gasteiger partial charge >= 0.3 is 0 Å². The summed E-state index contributed by atoms with van der Waals surface area (Å²) >= 11 is 0. The fourth-order valence-electron chi connectivity index (χ4n) is 12.5. The van der Waals surface area contributed by atoms with Crippen molar-refractivity contribution in [2.24, 2.45) is 0 Å². The van der Waals surface area contributed by atoms with Gasteiger partial charge in [0.1, 0.15) is 34.5 Å². The second-order valence-corrected chi connectivity index (χ2v) is 18.3. The van der Waals surface area contributed by atoms with Crippen LogP contribution in [0.2, 0.25) is 0 Å². The SMILES string of the molecule is COc1cc2c3c(c1)-c1cc(-c4c(C)cccc4C)c4cc5c6c(cc(-c7c(C)cccc7C)c7cc(c1c4c76)B3c1ccccc1O2)-c1cc(OC)cc2c1B5c1ccccc1O2. The van der Waals surface area contributed by atoms with Gasteiger partial charge in [0.2, 0.25) is 0 Å². The van der Waals surface area contributed by atoms with E-state index in [4.69, 9.17) is 18.9 Å². The van der Waals surface area contributed by atoms with Crippen LogP contribution in [0.25, 0.3) is 76.8 Å². The molecule has 302 valence electrons. The predicted octanol–water partition coefficient (Wildman–Crippen LogP) is 10.4. The summed E-state index contributed by atoms with van der Waals surface area (Å²) in [5.41, 5.74) is 22.1. The highest BCUT2D eigenvalue weighted by molar-refractivity contribution is 7.01. The van der Waals surface area contributed by atoms with Crippen molar-refractivity contribution in [2.75, 3.05) is 14.2 Å². The van der Waals surface area contributed by atoms with Crippen molar-refractivity contribution in [3.05, 3.63) is 156 Å². The number of methoxy groups -OCH3 is 2. The Morgan fingerprint density at radius 2 is 0.766 bits per heavy atom. The molecule has 0 saturated carbocycles. The fourth-order valence-corrected chi connectivity index (χ4v) is 12.5. The standard InChI is InChI=1S/C58H40B2O4/c1-29-13-11-14-30(2)51(29)35-25-37-41-21-33(61-5)23-49-57(41)60(44-18-8-10-20-48(44)63-49)46-28-40-36(52-31(3)15-12-16-32(52)4)26-38-42-22-34(62-6)24-50-58(42)59(43-17-7-9-19-47(43)64-50)45-27-39(35)55(53(37)46)56(40)54(38)45/h7-28H,1-6H3. The summed E-state index contributed by atoms with van der Waals surface area (Å²) in [5, 5.41) is 7.75. The topological polar surface area (TPSA) is 36.9 Å². The van der Waals surface area contributed by atoms with Gasteiger partial charge in [0.25, 0.3) is 13.4 Å². The van der Waals surface area contributed by atoms with Crippen LogP contribution in [0.1, 0.15) is 22.3 Å². The molecule has 0 atom stereocenters. The van der Waals surface area contributed by atoms with E-state index < -0.39 is 0 Å². The molecule has 10 aromatic rings. The number of hydrogen-bond acceptors (Lipinski definition) is 4. The van der Waals surface area contributed by atoms with E-state index in [0.717, 1.165) is 45.6 Å². The minimum absolute atomic E-state index is 0.0567. The van der Waals surface area contributed by atoms with Crippen molar-refractivity contribution in [3.63, 3.8) is 0 Å². The maximum Gasteiger partial charge on any atom is 0.252 e. The third-order valence-corrected chi connectivity index (χ3v) is 15.0. The van der Waals surface area contributed by atoms with Crippen LogP contribution in [0.3, 0.4) is 0 Å². The molecule has 0 N–H and O–H groups in total. The number of ether oxygens (including phenoxy) is 4. The van der Waals surface area contributed by atoms with Gasteiger partial charge in [-0.25, -0.2) is 0 Å². The first-order valence-corrected chi connectivity index (χ1v) is 22.3. The molecule has 0 aromatic heterocycles. The molecule has 0 amide bonds. The summed E-state index contributed by atoms with van der Waals surface area (Å²) in [4.78, 5) is 0. The van der Waals surface area contributed by atoms with Crippen LogP contribution in [-0.2, 0) is 0 Å². The Bertz CT molecular complexity index is 3490. The van der Waals surface area contributed by atoms with Crippen molar-refractivity contribution in [2.45, 2.75) is 27.7 Å². The summed E-state index contributed by atoms with van der Waals surface area (Å²) in [6.07, 6.45) is 0. The summed E-state index contributed by atoms with van der Waals surface area (Å²) in [7, 11) is 3.51. The van der Waals surface area contributed by atoms with Gasteiger partial charge in [-0.3, -0.25) is 0 Å². The third kappa shape index (κ3) is 4.50. The van der Waals surface area contributed by atoms with Crippen LogP contribution in [0.15, 0.2) is 133 Å². The second-order valence-electron chi connectivity index (χ2n) is 18.3. The molecule has 4 aliphatic heterocycles. The summed E-state index contributed by atoms with van der Waals surface area (Å²) in [5.74, 6) is 5.04. The highest BCUT2D eigenvalue weighted by Gasteiger charge is 2.44. The van der Waals surface area contributed by atoms with Crippen molar-refractivity contribution >= 4 is 78.5 Å². The van der Waals surface area contributed by atoms with Gasteiger partial charge in [0.15, 0.2) is 0 Å². The average Bonchev–Trinajstić information content (AvgIpc) is 3.31. The highest BCUT2D eigenvalue weighted by atomic mass is 16.5. The zero-order valence-corrected chi connectivity index (χ0v) is 36.5. The first kappa shape index (κ1) is 36.1. The van der Waals surface area contributed by atoms with Gasteiger partial charge in [0.05, 0.1) is 14.2 Å². The molecular weight excluding hydrogens is 782 g/mol. The minimum Gasteiger partial charge on any atom is -0.497 e. The monoisotopic (exact) mass is 822 g/mol. The van der Waals surface area contributed by atoms with E-state index in [1.807, 2.05) is 0 Å². The zero-order chi connectivity index (χ0) is 42.9. The maximum atomic E-state index is 6.86. The molecule has 14 rings (SSSR count). The molecule has 4 aliphatic rings. The molecule has 0 spiro atoms. The van der Waals surface area contributed by atoms with Gasteiger partial charge in [-0.05, 0) is 185 Å². The lowest BCUT2D eigenvalue weighted by Crippen LogP contribution is -2.58. The molecule has 0 fully saturated rings. The van der Waals surface area contributed by atoms with Crippen LogP contribution in [0.5, 0.6) is 34.5 Å². The number of fused-ring (bicyclic) bond motifs is 8. The number of rotatable bonds is 4. The molecule has 4 heterocycles. The first-order valence-electron chi connectivity index (χ1n) is 22.3. The van der Waals surface area contributed by atoms with Crippen molar-refractivity contribution in [1.82, 2.24) is 0 Å². The van der Waals surface area contributed by atoms with E-state index in [9.17, 15) is 0 Å². The lowest BCUT2D eigenvalue weighted by molar-refractivity contribution is 0.409. The molecule has 0 aliphatic carbocycles. The summed E-state index contributed by atoms with van der Waals surface area (Å²) in [6, 6.07) is 49.4. The molecule has 10 aromatic carbocycles. The molecule has 4 nitrogen and oxygen atoms in total. The Morgan fingerprint density at radius 1 is 0.359 bits per heavy atom. The lowest BCUT2D eigenvalue weighted by Gasteiger charge is -2.37. The van der Waals surface area contributed by atoms with Crippen LogP contribution < -0.4 is 51.7 Å². The van der Waals surface area contributed by atoms with Crippen molar-refractivity contribution < 1.29 is 18.9 Å². The Hall–Kier alpha value is -7.43.